The third kappa shape index (κ3) is 4.16. The Balaban J connectivity index is 1.45. The minimum atomic E-state index is -0.393. The van der Waals surface area contributed by atoms with Crippen molar-refractivity contribution in [1.29, 1.82) is 0 Å². The van der Waals surface area contributed by atoms with Crippen molar-refractivity contribution in [2.24, 2.45) is 11.8 Å². The van der Waals surface area contributed by atoms with E-state index in [1.807, 2.05) is 4.90 Å². The van der Waals surface area contributed by atoms with Crippen molar-refractivity contribution < 1.29 is 9.32 Å². The fourth-order valence-corrected chi connectivity index (χ4v) is 4.58. The number of carbonyl (C=O) groups is 1. The van der Waals surface area contributed by atoms with Gasteiger partial charge in [-0.1, -0.05) is 30.6 Å². The first kappa shape index (κ1) is 21.4. The lowest BCUT2D eigenvalue weighted by Gasteiger charge is -2.34. The van der Waals surface area contributed by atoms with E-state index in [4.69, 9.17) is 16.1 Å². The number of aromatic nitrogens is 5. The minimum absolute atomic E-state index is 0.108. The van der Waals surface area contributed by atoms with Crippen LogP contribution in [-0.4, -0.2) is 48.2 Å². The van der Waals surface area contributed by atoms with E-state index < -0.39 is 5.69 Å². The maximum atomic E-state index is 12.9. The Labute approximate surface area is 194 Å². The molecule has 3 aromatic heterocycles. The van der Waals surface area contributed by atoms with E-state index in [0.717, 1.165) is 12.0 Å². The summed E-state index contributed by atoms with van der Waals surface area (Å²) in [6.07, 6.45) is 2.71. The average Bonchev–Trinajstić information content (AvgIpc) is 3.39. The zero-order chi connectivity index (χ0) is 23.1. The molecule has 1 aliphatic rings. The molecule has 5 rings (SSSR count). The molecule has 0 radical (unpaired) electrons. The summed E-state index contributed by atoms with van der Waals surface area (Å²) in [7, 11) is 0. The van der Waals surface area contributed by atoms with Crippen molar-refractivity contribution >= 4 is 23.2 Å². The maximum absolute atomic E-state index is 12.9. The molecule has 10 heteroatoms. The first-order valence-corrected chi connectivity index (χ1v) is 11.2. The minimum Gasteiger partial charge on any atom is -0.341 e. The number of fused-ring (bicyclic) bond motifs is 1. The molecule has 0 spiro atoms. The Morgan fingerprint density at radius 3 is 2.61 bits per heavy atom. The molecule has 4 aromatic rings. The molecule has 9 nitrogen and oxygen atoms in total. The molecule has 2 atom stereocenters. The molecular formula is C23H23ClN6O3. The highest BCUT2D eigenvalue weighted by molar-refractivity contribution is 6.30. The molecule has 1 saturated heterocycles. The van der Waals surface area contributed by atoms with E-state index in [1.165, 1.54) is 9.08 Å². The van der Waals surface area contributed by atoms with E-state index in [2.05, 4.69) is 29.1 Å². The van der Waals surface area contributed by atoms with E-state index >= 15 is 0 Å². The van der Waals surface area contributed by atoms with Gasteiger partial charge >= 0.3 is 5.69 Å². The SMILES string of the molecule is C[C@@H]1C[C@@H](C)CN(C(=O)Cn2nc3c(-c4nc(-c5ccc(Cl)cc5)no4)cccn3c2=O)C1. The van der Waals surface area contributed by atoms with Crippen LogP contribution < -0.4 is 5.69 Å². The van der Waals surface area contributed by atoms with Gasteiger partial charge in [0, 0.05) is 29.9 Å². The first-order valence-electron chi connectivity index (χ1n) is 10.8. The lowest BCUT2D eigenvalue weighted by molar-refractivity contribution is -0.134. The van der Waals surface area contributed by atoms with Crippen LogP contribution in [0.4, 0.5) is 0 Å². The summed E-state index contributed by atoms with van der Waals surface area (Å²) in [4.78, 5) is 32.1. The Morgan fingerprint density at radius 1 is 1.15 bits per heavy atom. The van der Waals surface area contributed by atoms with Crippen molar-refractivity contribution in [2.75, 3.05) is 13.1 Å². The van der Waals surface area contributed by atoms with Crippen molar-refractivity contribution in [2.45, 2.75) is 26.8 Å². The van der Waals surface area contributed by atoms with Crippen molar-refractivity contribution in [3.05, 3.63) is 58.1 Å². The number of pyridine rings is 1. The van der Waals surface area contributed by atoms with Gasteiger partial charge in [-0.25, -0.2) is 13.9 Å². The molecule has 170 valence electrons. The van der Waals surface area contributed by atoms with E-state index in [-0.39, 0.29) is 18.3 Å². The molecule has 0 aliphatic carbocycles. The molecular weight excluding hydrogens is 444 g/mol. The summed E-state index contributed by atoms with van der Waals surface area (Å²) in [5.41, 5.74) is 1.21. The standard InChI is InChI=1S/C23H23ClN6O3/c1-14-10-15(2)12-28(11-14)19(31)13-30-23(32)29-9-3-4-18(21(29)26-30)22-25-20(27-33-22)16-5-7-17(24)8-6-16/h3-9,14-15H,10-13H2,1-2H3/t14-,15-/m1/s1. The second-order valence-electron chi connectivity index (χ2n) is 8.73. The summed E-state index contributed by atoms with van der Waals surface area (Å²) >= 11 is 5.95. The predicted molar refractivity (Wildman–Crippen MR) is 123 cm³/mol. The summed E-state index contributed by atoms with van der Waals surface area (Å²) in [5.74, 6) is 1.40. The number of rotatable bonds is 4. The fourth-order valence-electron chi connectivity index (χ4n) is 4.45. The van der Waals surface area contributed by atoms with Gasteiger partial charge in [-0.05, 0) is 54.7 Å². The van der Waals surface area contributed by atoms with Gasteiger partial charge in [-0.2, -0.15) is 4.98 Å². The van der Waals surface area contributed by atoms with Crippen LogP contribution in [0.3, 0.4) is 0 Å². The molecule has 1 amide bonds. The molecule has 0 N–H and O–H groups in total. The Bertz CT molecular complexity index is 1360. The average molecular weight is 467 g/mol. The van der Waals surface area contributed by atoms with Crippen molar-refractivity contribution in [3.8, 4) is 22.8 Å². The van der Waals surface area contributed by atoms with Crippen LogP contribution in [0.15, 0.2) is 51.9 Å². The summed E-state index contributed by atoms with van der Waals surface area (Å²) in [6.45, 7) is 5.57. The Hall–Kier alpha value is -3.46. The number of halogens is 1. The smallest absolute Gasteiger partial charge is 0.341 e. The van der Waals surface area contributed by atoms with E-state index in [1.54, 1.807) is 42.6 Å². The van der Waals surface area contributed by atoms with Gasteiger partial charge in [0.05, 0.1) is 5.56 Å². The van der Waals surface area contributed by atoms with Gasteiger partial charge in [0.25, 0.3) is 5.89 Å². The molecule has 1 aliphatic heterocycles. The summed E-state index contributed by atoms with van der Waals surface area (Å²) in [6, 6.07) is 10.5. The fraction of sp³-hybridized carbons (Fsp3) is 0.348. The summed E-state index contributed by atoms with van der Waals surface area (Å²) in [5, 5.41) is 9.08. The molecule has 1 fully saturated rings. The lowest BCUT2D eigenvalue weighted by atomic mass is 9.92. The molecule has 0 saturated carbocycles. The number of hydrogen-bond acceptors (Lipinski definition) is 6. The monoisotopic (exact) mass is 466 g/mol. The highest BCUT2D eigenvalue weighted by atomic mass is 35.5. The molecule has 1 aromatic carbocycles. The molecule has 0 bridgehead atoms. The highest BCUT2D eigenvalue weighted by Gasteiger charge is 2.26. The number of benzene rings is 1. The molecule has 0 unspecified atom stereocenters. The number of amides is 1. The normalized spacial score (nSPS) is 18.7. The van der Waals surface area contributed by atoms with Gasteiger partial charge in [0.1, 0.15) is 6.54 Å². The second kappa shape index (κ2) is 8.47. The lowest BCUT2D eigenvalue weighted by Crippen LogP contribution is -2.45. The first-order chi connectivity index (χ1) is 15.9. The quantitative estimate of drug-likeness (QED) is 0.457. The third-order valence-electron chi connectivity index (χ3n) is 5.87. The largest absolute Gasteiger partial charge is 0.350 e. The number of carbonyl (C=O) groups excluding carboxylic acids is 1. The maximum Gasteiger partial charge on any atom is 0.350 e. The van der Waals surface area contributed by atoms with E-state index in [0.29, 0.717) is 47.0 Å². The zero-order valence-corrected chi connectivity index (χ0v) is 19.1. The van der Waals surface area contributed by atoms with Crippen LogP contribution in [0.2, 0.25) is 5.02 Å². The topological polar surface area (TPSA) is 98.5 Å². The zero-order valence-electron chi connectivity index (χ0n) is 18.3. The predicted octanol–water partition coefficient (Wildman–Crippen LogP) is 3.37. The number of piperidine rings is 1. The number of likely N-dealkylation sites (tertiary alicyclic amines) is 1. The van der Waals surface area contributed by atoms with Gasteiger partial charge in [0.2, 0.25) is 11.7 Å². The van der Waals surface area contributed by atoms with Crippen LogP contribution in [0.5, 0.6) is 0 Å². The third-order valence-corrected chi connectivity index (χ3v) is 6.13. The Kier molecular flexibility index (Phi) is 5.49. The summed E-state index contributed by atoms with van der Waals surface area (Å²) < 4.78 is 8.04. The van der Waals surface area contributed by atoms with Gasteiger partial charge in [-0.3, -0.25) is 4.79 Å². The van der Waals surface area contributed by atoms with Crippen LogP contribution in [0.25, 0.3) is 28.5 Å². The van der Waals surface area contributed by atoms with Crippen LogP contribution in [-0.2, 0) is 11.3 Å². The molecule has 4 heterocycles. The van der Waals surface area contributed by atoms with E-state index in [9.17, 15) is 9.59 Å². The van der Waals surface area contributed by atoms with Gasteiger partial charge in [0.15, 0.2) is 5.65 Å². The van der Waals surface area contributed by atoms with Gasteiger partial charge in [-0.15, -0.1) is 5.10 Å². The van der Waals surface area contributed by atoms with Crippen LogP contribution >= 0.6 is 11.6 Å². The number of nitrogens with zero attached hydrogens (tertiary/aromatic N) is 6. The van der Waals surface area contributed by atoms with Crippen molar-refractivity contribution in [1.82, 2.24) is 29.2 Å². The van der Waals surface area contributed by atoms with Crippen molar-refractivity contribution in [3.63, 3.8) is 0 Å². The van der Waals surface area contributed by atoms with Gasteiger partial charge < -0.3 is 9.42 Å². The second-order valence-corrected chi connectivity index (χ2v) is 9.17. The van der Waals surface area contributed by atoms with Crippen LogP contribution in [0.1, 0.15) is 20.3 Å². The highest BCUT2D eigenvalue weighted by Crippen LogP contribution is 2.25. The molecule has 33 heavy (non-hydrogen) atoms. The number of hydrogen-bond donors (Lipinski definition) is 0. The Morgan fingerprint density at radius 2 is 1.88 bits per heavy atom. The van der Waals surface area contributed by atoms with Crippen LogP contribution in [0, 0.1) is 11.8 Å².